The monoisotopic (exact) mass is 322 g/mol. The third kappa shape index (κ3) is 4.44. The summed E-state index contributed by atoms with van der Waals surface area (Å²) in [6.07, 6.45) is 0. The van der Waals surface area contributed by atoms with Crippen molar-refractivity contribution in [2.45, 2.75) is 0 Å². The van der Waals surface area contributed by atoms with Gasteiger partial charge in [-0.15, -0.1) is 0 Å². The number of rotatable bonds is 6. The molecule has 4 nitrogen and oxygen atoms in total. The first-order valence-electron chi connectivity index (χ1n) is 6.76. The Morgan fingerprint density at radius 2 is 1.95 bits per heavy atom. The number of halogens is 2. The van der Waals surface area contributed by atoms with Crippen molar-refractivity contribution >= 4 is 28.9 Å². The van der Waals surface area contributed by atoms with Crippen LogP contribution >= 0.6 is 11.6 Å². The van der Waals surface area contributed by atoms with Gasteiger partial charge in [-0.05, 0) is 30.3 Å². The number of benzene rings is 2. The van der Waals surface area contributed by atoms with Gasteiger partial charge in [-0.25, -0.2) is 4.39 Å². The van der Waals surface area contributed by atoms with Crippen molar-refractivity contribution in [3.05, 3.63) is 59.4 Å². The molecular formula is C16H16ClFN2O2. The van der Waals surface area contributed by atoms with E-state index < -0.39 is 5.82 Å². The van der Waals surface area contributed by atoms with E-state index in [2.05, 4.69) is 5.32 Å². The molecule has 0 saturated heterocycles. The highest BCUT2D eigenvalue weighted by Crippen LogP contribution is 2.22. The van der Waals surface area contributed by atoms with E-state index in [1.807, 2.05) is 30.3 Å². The molecule has 0 unspecified atom stereocenters. The van der Waals surface area contributed by atoms with E-state index in [1.165, 1.54) is 12.1 Å². The highest BCUT2D eigenvalue weighted by molar-refractivity contribution is 6.33. The van der Waals surface area contributed by atoms with Gasteiger partial charge in [-0.3, -0.25) is 4.79 Å². The third-order valence-corrected chi connectivity index (χ3v) is 3.34. The van der Waals surface area contributed by atoms with E-state index in [-0.39, 0.29) is 24.1 Å². The average molecular weight is 323 g/mol. The van der Waals surface area contributed by atoms with Crippen molar-refractivity contribution in [3.63, 3.8) is 0 Å². The molecule has 0 atom stereocenters. The number of carbonyl (C=O) groups excluding carboxylic acids is 1. The lowest BCUT2D eigenvalue weighted by Crippen LogP contribution is -2.35. The van der Waals surface area contributed by atoms with Gasteiger partial charge in [0.2, 0.25) is 5.91 Å². The first kappa shape index (κ1) is 16.3. The molecule has 2 rings (SSSR count). The Morgan fingerprint density at radius 3 is 2.59 bits per heavy atom. The van der Waals surface area contributed by atoms with Gasteiger partial charge in [-0.2, -0.15) is 0 Å². The SMILES string of the molecule is O=C(CN(CCO)c1ccccc1)Nc1ccc(F)cc1Cl. The van der Waals surface area contributed by atoms with Crippen molar-refractivity contribution in [1.82, 2.24) is 0 Å². The van der Waals surface area contributed by atoms with Crippen LogP contribution in [0.25, 0.3) is 0 Å². The van der Waals surface area contributed by atoms with E-state index in [4.69, 9.17) is 16.7 Å². The summed E-state index contributed by atoms with van der Waals surface area (Å²) >= 11 is 5.88. The third-order valence-electron chi connectivity index (χ3n) is 3.03. The van der Waals surface area contributed by atoms with Crippen LogP contribution in [0.4, 0.5) is 15.8 Å². The molecule has 0 saturated carbocycles. The second kappa shape index (κ2) is 7.77. The molecule has 2 N–H and O–H groups in total. The molecule has 0 radical (unpaired) electrons. The molecule has 0 spiro atoms. The van der Waals surface area contributed by atoms with Crippen LogP contribution in [0.15, 0.2) is 48.5 Å². The fourth-order valence-electron chi connectivity index (χ4n) is 2.01. The van der Waals surface area contributed by atoms with Gasteiger partial charge in [0.1, 0.15) is 5.82 Å². The molecule has 0 bridgehead atoms. The maximum absolute atomic E-state index is 13.0. The largest absolute Gasteiger partial charge is 0.395 e. The Labute approximate surface area is 133 Å². The first-order valence-corrected chi connectivity index (χ1v) is 7.13. The lowest BCUT2D eigenvalue weighted by molar-refractivity contribution is -0.115. The van der Waals surface area contributed by atoms with Gasteiger partial charge < -0.3 is 15.3 Å². The molecule has 6 heteroatoms. The van der Waals surface area contributed by atoms with Gasteiger partial charge in [0.25, 0.3) is 0 Å². The maximum atomic E-state index is 13.0. The predicted octanol–water partition coefficient (Wildman–Crippen LogP) is 2.92. The number of aliphatic hydroxyl groups excluding tert-OH is 1. The summed E-state index contributed by atoms with van der Waals surface area (Å²) in [6.45, 7) is 0.312. The minimum atomic E-state index is -0.464. The van der Waals surface area contributed by atoms with E-state index in [0.717, 1.165) is 11.8 Å². The zero-order chi connectivity index (χ0) is 15.9. The molecule has 0 aliphatic rings. The van der Waals surface area contributed by atoms with Crippen LogP contribution in [0.1, 0.15) is 0 Å². The van der Waals surface area contributed by atoms with Crippen molar-refractivity contribution in [3.8, 4) is 0 Å². The van der Waals surface area contributed by atoms with Gasteiger partial charge in [0.05, 0.1) is 23.9 Å². The summed E-state index contributed by atoms with van der Waals surface area (Å²) in [5.41, 5.74) is 1.18. The number of carbonyl (C=O) groups is 1. The van der Waals surface area contributed by atoms with Crippen molar-refractivity contribution in [2.24, 2.45) is 0 Å². The number of aliphatic hydroxyl groups is 1. The molecule has 0 aromatic heterocycles. The second-order valence-corrected chi connectivity index (χ2v) is 5.06. The molecule has 0 aliphatic heterocycles. The standard InChI is InChI=1S/C16H16ClFN2O2/c17-14-10-12(18)6-7-15(14)19-16(22)11-20(8-9-21)13-4-2-1-3-5-13/h1-7,10,21H,8-9,11H2,(H,19,22). The van der Waals surface area contributed by atoms with Crippen molar-refractivity contribution < 1.29 is 14.3 Å². The van der Waals surface area contributed by atoms with Crippen LogP contribution in [-0.4, -0.2) is 30.7 Å². The minimum Gasteiger partial charge on any atom is -0.395 e. The van der Waals surface area contributed by atoms with Gasteiger partial charge in [0, 0.05) is 12.2 Å². The molecular weight excluding hydrogens is 307 g/mol. The molecule has 0 heterocycles. The Kier molecular flexibility index (Phi) is 5.75. The van der Waals surface area contributed by atoms with Gasteiger partial charge in [-0.1, -0.05) is 29.8 Å². The molecule has 0 aliphatic carbocycles. The summed E-state index contributed by atoms with van der Waals surface area (Å²) in [4.78, 5) is 13.9. The van der Waals surface area contributed by atoms with Gasteiger partial charge in [0.15, 0.2) is 0 Å². The lowest BCUT2D eigenvalue weighted by Gasteiger charge is -2.23. The summed E-state index contributed by atoms with van der Waals surface area (Å²) in [5.74, 6) is -0.764. The summed E-state index contributed by atoms with van der Waals surface area (Å²) in [6, 6.07) is 13.1. The van der Waals surface area contributed by atoms with E-state index in [1.54, 1.807) is 4.90 Å². The fourth-order valence-corrected chi connectivity index (χ4v) is 2.23. The molecule has 22 heavy (non-hydrogen) atoms. The Hall–Kier alpha value is -2.11. The summed E-state index contributed by atoms with van der Waals surface area (Å²) in [5, 5.41) is 11.9. The lowest BCUT2D eigenvalue weighted by atomic mass is 10.2. The van der Waals surface area contributed by atoms with Crippen molar-refractivity contribution in [1.29, 1.82) is 0 Å². The number of nitrogens with one attached hydrogen (secondary N) is 1. The number of anilines is 2. The highest BCUT2D eigenvalue weighted by Gasteiger charge is 2.12. The van der Waals surface area contributed by atoms with Crippen LogP contribution in [-0.2, 0) is 4.79 Å². The second-order valence-electron chi connectivity index (χ2n) is 4.65. The predicted molar refractivity (Wildman–Crippen MR) is 85.8 cm³/mol. The first-order chi connectivity index (χ1) is 10.6. The average Bonchev–Trinajstić information content (AvgIpc) is 2.50. The smallest absolute Gasteiger partial charge is 0.243 e. The molecule has 1 amide bonds. The quantitative estimate of drug-likeness (QED) is 0.860. The highest BCUT2D eigenvalue weighted by atomic mass is 35.5. The summed E-state index contributed by atoms with van der Waals surface area (Å²) < 4.78 is 13.0. The van der Waals surface area contributed by atoms with Gasteiger partial charge >= 0.3 is 0 Å². The number of amides is 1. The normalized spacial score (nSPS) is 10.3. The molecule has 116 valence electrons. The van der Waals surface area contributed by atoms with Crippen LogP contribution in [0.3, 0.4) is 0 Å². The van der Waals surface area contributed by atoms with Crippen LogP contribution in [0, 0.1) is 5.82 Å². The number of nitrogens with zero attached hydrogens (tertiary/aromatic N) is 1. The minimum absolute atomic E-state index is 0.0538. The molecule has 2 aromatic rings. The van der Waals surface area contributed by atoms with Crippen LogP contribution < -0.4 is 10.2 Å². The van der Waals surface area contributed by atoms with E-state index in [0.29, 0.717) is 12.2 Å². The fraction of sp³-hybridized carbons (Fsp3) is 0.188. The Morgan fingerprint density at radius 1 is 1.23 bits per heavy atom. The Bertz CT molecular complexity index is 637. The topological polar surface area (TPSA) is 52.6 Å². The van der Waals surface area contributed by atoms with Crippen molar-refractivity contribution in [2.75, 3.05) is 29.9 Å². The molecule has 2 aromatic carbocycles. The zero-order valence-electron chi connectivity index (χ0n) is 11.8. The number of para-hydroxylation sites is 1. The maximum Gasteiger partial charge on any atom is 0.243 e. The number of hydrogen-bond donors (Lipinski definition) is 2. The summed E-state index contributed by atoms with van der Waals surface area (Å²) in [7, 11) is 0. The Balaban J connectivity index is 2.05. The van der Waals surface area contributed by atoms with Crippen LogP contribution in [0.2, 0.25) is 5.02 Å². The van der Waals surface area contributed by atoms with E-state index >= 15 is 0 Å². The zero-order valence-corrected chi connectivity index (χ0v) is 12.6. The van der Waals surface area contributed by atoms with Crippen LogP contribution in [0.5, 0.6) is 0 Å². The molecule has 0 fully saturated rings. The number of hydrogen-bond acceptors (Lipinski definition) is 3. The van der Waals surface area contributed by atoms with E-state index in [9.17, 15) is 9.18 Å².